The lowest BCUT2D eigenvalue weighted by Gasteiger charge is -2.35. The zero-order valence-corrected chi connectivity index (χ0v) is 12.1. The van der Waals surface area contributed by atoms with Crippen molar-refractivity contribution in [3.05, 3.63) is 66.2 Å². The average Bonchev–Trinajstić information content (AvgIpc) is 2.79. The Balaban J connectivity index is 1.93. The topological polar surface area (TPSA) is 32.3 Å². The predicted octanol–water partition coefficient (Wildman–Crippen LogP) is 3.46. The maximum absolute atomic E-state index is 12.2. The molecule has 1 unspecified atom stereocenters. The Morgan fingerprint density at radius 2 is 1.65 bits per heavy atom. The highest BCUT2D eigenvalue weighted by Crippen LogP contribution is 2.44. The van der Waals surface area contributed by atoms with E-state index in [0.29, 0.717) is 5.75 Å². The second-order valence-corrected chi connectivity index (χ2v) is 6.22. The highest BCUT2D eigenvalue weighted by atomic mass is 32.2. The number of carbonyl (C=O) groups excluding carboxylic acids is 1. The van der Waals surface area contributed by atoms with E-state index in [2.05, 4.69) is 24.5 Å². The summed E-state index contributed by atoms with van der Waals surface area (Å²) in [6.45, 7) is 2.08. The summed E-state index contributed by atoms with van der Waals surface area (Å²) in [6, 6.07) is 19.9. The van der Waals surface area contributed by atoms with Crippen LogP contribution in [0.15, 0.2) is 60.7 Å². The van der Waals surface area contributed by atoms with E-state index in [-0.39, 0.29) is 10.8 Å². The molecule has 1 heterocycles. The number of hydrogen-bond donors (Lipinski definition) is 1. The van der Waals surface area contributed by atoms with Gasteiger partial charge in [0.25, 0.3) is 5.91 Å². The third-order valence-electron chi connectivity index (χ3n) is 3.48. The van der Waals surface area contributed by atoms with Gasteiger partial charge < -0.3 is 0 Å². The van der Waals surface area contributed by atoms with Crippen LogP contribution in [0.2, 0.25) is 0 Å². The van der Waals surface area contributed by atoms with Crippen LogP contribution in [0.5, 0.6) is 0 Å². The molecule has 4 heteroatoms. The van der Waals surface area contributed by atoms with Crippen LogP contribution in [0.3, 0.4) is 0 Å². The van der Waals surface area contributed by atoms with Gasteiger partial charge in [-0.25, -0.2) is 5.01 Å². The van der Waals surface area contributed by atoms with Crippen molar-refractivity contribution in [2.75, 3.05) is 11.2 Å². The van der Waals surface area contributed by atoms with Crippen LogP contribution in [0, 0.1) is 0 Å². The summed E-state index contributed by atoms with van der Waals surface area (Å²) in [4.78, 5) is 11.8. The third kappa shape index (κ3) is 2.27. The molecule has 1 N–H and O–H groups in total. The van der Waals surface area contributed by atoms with Gasteiger partial charge in [0.2, 0.25) is 0 Å². The molecular weight excluding hydrogens is 268 g/mol. The number of amides is 1. The van der Waals surface area contributed by atoms with Crippen LogP contribution in [-0.4, -0.2) is 16.7 Å². The number of nitrogens with zero attached hydrogens (tertiary/aromatic N) is 1. The molecule has 3 nitrogen and oxygen atoms in total. The van der Waals surface area contributed by atoms with E-state index in [0.717, 1.165) is 11.3 Å². The molecular formula is C16H16N2OS. The Morgan fingerprint density at radius 1 is 1.05 bits per heavy atom. The van der Waals surface area contributed by atoms with Gasteiger partial charge in [0.1, 0.15) is 4.87 Å². The molecule has 1 atom stereocenters. The molecule has 0 aliphatic carbocycles. The maximum Gasteiger partial charge on any atom is 0.252 e. The molecule has 1 amide bonds. The van der Waals surface area contributed by atoms with E-state index >= 15 is 0 Å². The Kier molecular flexibility index (Phi) is 3.40. The smallest absolute Gasteiger partial charge is 0.252 e. The number of carbonyl (C=O) groups is 1. The van der Waals surface area contributed by atoms with Crippen molar-refractivity contribution in [2.45, 2.75) is 11.8 Å². The molecule has 2 aromatic carbocycles. The summed E-state index contributed by atoms with van der Waals surface area (Å²) < 4.78 is 0. The van der Waals surface area contributed by atoms with Crippen molar-refractivity contribution in [3.8, 4) is 0 Å². The minimum atomic E-state index is -0.381. The minimum absolute atomic E-state index is 0.102. The predicted molar refractivity (Wildman–Crippen MR) is 83.2 cm³/mol. The van der Waals surface area contributed by atoms with Crippen LogP contribution in [0.25, 0.3) is 0 Å². The number of para-hydroxylation sites is 1. The number of hydrogen-bond acceptors (Lipinski definition) is 3. The third-order valence-corrected chi connectivity index (χ3v) is 4.85. The number of rotatable bonds is 3. The van der Waals surface area contributed by atoms with Crippen molar-refractivity contribution < 1.29 is 4.79 Å². The fraction of sp³-hybridized carbons (Fsp3) is 0.188. The Hall–Kier alpha value is -1.94. The fourth-order valence-electron chi connectivity index (χ4n) is 2.34. The van der Waals surface area contributed by atoms with Gasteiger partial charge >= 0.3 is 0 Å². The van der Waals surface area contributed by atoms with Crippen molar-refractivity contribution >= 4 is 23.4 Å². The first-order valence-electron chi connectivity index (χ1n) is 6.54. The minimum Gasteiger partial charge on any atom is -0.294 e. The molecule has 20 heavy (non-hydrogen) atoms. The largest absolute Gasteiger partial charge is 0.294 e. The number of thioether (sulfide) groups is 1. The number of hydrazine groups is 1. The van der Waals surface area contributed by atoms with Crippen molar-refractivity contribution in [2.24, 2.45) is 0 Å². The zero-order chi connectivity index (χ0) is 14.0. The summed E-state index contributed by atoms with van der Waals surface area (Å²) in [7, 11) is 0. The van der Waals surface area contributed by atoms with Crippen LogP contribution in [-0.2, 0) is 9.67 Å². The molecule has 1 aliphatic rings. The van der Waals surface area contributed by atoms with Gasteiger partial charge in [0.05, 0.1) is 11.4 Å². The maximum atomic E-state index is 12.2. The van der Waals surface area contributed by atoms with Gasteiger partial charge in [-0.15, -0.1) is 11.8 Å². The van der Waals surface area contributed by atoms with E-state index < -0.39 is 0 Å². The molecule has 0 aromatic heterocycles. The highest BCUT2D eigenvalue weighted by Gasteiger charge is 2.44. The molecule has 1 aliphatic heterocycles. The molecule has 2 aromatic rings. The SMILES string of the molecule is CC1(c2ccccc2)SCC(=O)N1Nc1ccccc1. The van der Waals surface area contributed by atoms with Gasteiger partial charge in [0, 0.05) is 0 Å². The van der Waals surface area contributed by atoms with E-state index in [1.165, 1.54) is 0 Å². The molecule has 1 fully saturated rings. The molecule has 0 saturated carbocycles. The number of anilines is 1. The van der Waals surface area contributed by atoms with E-state index in [9.17, 15) is 4.79 Å². The first kappa shape index (κ1) is 13.1. The van der Waals surface area contributed by atoms with Crippen molar-refractivity contribution in [3.63, 3.8) is 0 Å². The van der Waals surface area contributed by atoms with Gasteiger partial charge in [-0.05, 0) is 24.6 Å². The fourth-order valence-corrected chi connectivity index (χ4v) is 3.45. The zero-order valence-electron chi connectivity index (χ0n) is 11.2. The van der Waals surface area contributed by atoms with Gasteiger partial charge in [-0.3, -0.25) is 10.2 Å². The van der Waals surface area contributed by atoms with Crippen LogP contribution in [0.1, 0.15) is 12.5 Å². The first-order chi connectivity index (χ1) is 9.70. The molecule has 102 valence electrons. The van der Waals surface area contributed by atoms with Gasteiger partial charge in [0.15, 0.2) is 0 Å². The summed E-state index contributed by atoms with van der Waals surface area (Å²) in [5.41, 5.74) is 5.29. The second kappa shape index (κ2) is 5.21. The van der Waals surface area contributed by atoms with Crippen LogP contribution in [0.4, 0.5) is 5.69 Å². The normalized spacial score (nSPS) is 22.1. The highest BCUT2D eigenvalue weighted by molar-refractivity contribution is 8.01. The summed E-state index contributed by atoms with van der Waals surface area (Å²) in [5.74, 6) is 0.593. The monoisotopic (exact) mass is 284 g/mol. The lowest BCUT2D eigenvalue weighted by Crippen LogP contribution is -2.44. The molecule has 0 bridgehead atoms. The summed E-state index contributed by atoms with van der Waals surface area (Å²) >= 11 is 1.65. The molecule has 3 rings (SSSR count). The lowest BCUT2D eigenvalue weighted by atomic mass is 10.1. The summed E-state index contributed by atoms with van der Waals surface area (Å²) in [6.07, 6.45) is 0. The average molecular weight is 284 g/mol. The van der Waals surface area contributed by atoms with Crippen LogP contribution >= 0.6 is 11.8 Å². The Labute approximate surface area is 123 Å². The van der Waals surface area contributed by atoms with Crippen LogP contribution < -0.4 is 5.43 Å². The lowest BCUT2D eigenvalue weighted by molar-refractivity contribution is -0.128. The van der Waals surface area contributed by atoms with Crippen molar-refractivity contribution in [1.29, 1.82) is 0 Å². The van der Waals surface area contributed by atoms with Gasteiger partial charge in [-0.1, -0.05) is 48.5 Å². The van der Waals surface area contributed by atoms with Crippen molar-refractivity contribution in [1.82, 2.24) is 5.01 Å². The molecule has 0 spiro atoms. The standard InChI is InChI=1S/C16H16N2OS/c1-16(13-8-4-2-5-9-13)18(15(19)12-20-16)17-14-10-6-3-7-11-14/h2-11,17H,12H2,1H3. The van der Waals surface area contributed by atoms with E-state index in [4.69, 9.17) is 0 Å². The van der Waals surface area contributed by atoms with E-state index in [1.807, 2.05) is 48.5 Å². The quantitative estimate of drug-likeness (QED) is 0.936. The van der Waals surface area contributed by atoms with E-state index in [1.54, 1.807) is 16.8 Å². The summed E-state index contributed by atoms with van der Waals surface area (Å²) in [5, 5.41) is 1.74. The number of nitrogens with one attached hydrogen (secondary N) is 1. The molecule has 1 saturated heterocycles. The second-order valence-electron chi connectivity index (χ2n) is 4.84. The Bertz CT molecular complexity index is 602. The molecule has 0 radical (unpaired) electrons. The number of benzene rings is 2. The van der Waals surface area contributed by atoms with Gasteiger partial charge in [-0.2, -0.15) is 0 Å². The Morgan fingerprint density at radius 3 is 2.30 bits per heavy atom. The first-order valence-corrected chi connectivity index (χ1v) is 7.53.